The van der Waals surface area contributed by atoms with Crippen LogP contribution in [0.1, 0.15) is 0 Å². The minimum absolute atomic E-state index is 0.314. The Kier molecular flexibility index (Phi) is 2.41. The van der Waals surface area contributed by atoms with Crippen molar-refractivity contribution in [2.75, 3.05) is 6.26 Å². The molecule has 0 saturated carbocycles. The molecule has 4 N–H and O–H groups in total. The second-order valence-corrected chi connectivity index (χ2v) is 3.93. The third-order valence-corrected chi connectivity index (χ3v) is 2.97. The molecule has 0 spiro atoms. The summed E-state index contributed by atoms with van der Waals surface area (Å²) in [4.78, 5) is 7.66. The van der Waals surface area contributed by atoms with Crippen LogP contribution in [0.2, 0.25) is 0 Å². The van der Waals surface area contributed by atoms with E-state index in [4.69, 9.17) is 23.1 Å². The third-order valence-electron chi connectivity index (χ3n) is 1.31. The van der Waals surface area contributed by atoms with Crippen molar-refractivity contribution in [3.8, 4) is 0 Å². The largest absolute Gasteiger partial charge is 0.385 e. The van der Waals surface area contributed by atoms with Crippen LogP contribution in [0, 0.1) is 0 Å². The van der Waals surface area contributed by atoms with Crippen molar-refractivity contribution < 1.29 is 0 Å². The van der Waals surface area contributed by atoms with E-state index in [0.29, 0.717) is 5.84 Å². The van der Waals surface area contributed by atoms with Crippen LogP contribution in [-0.4, -0.2) is 28.8 Å². The number of nitrogens with zero attached hydrogens (tertiary/aromatic N) is 2. The Balaban J connectivity index is 2.87. The second-order valence-electron chi connectivity index (χ2n) is 2.06. The monoisotopic (exact) mass is 192 g/mol. The molecule has 0 bridgehead atoms. The first kappa shape index (κ1) is 8.83. The van der Waals surface area contributed by atoms with E-state index >= 15 is 0 Å². The zero-order chi connectivity index (χ0) is 8.48. The van der Waals surface area contributed by atoms with Gasteiger partial charge in [-0.2, -0.15) is 0 Å². The summed E-state index contributed by atoms with van der Waals surface area (Å²) in [5.74, 6) is 0.314. The van der Waals surface area contributed by atoms with E-state index < -0.39 is 10.5 Å². The van der Waals surface area contributed by atoms with E-state index in [0.717, 1.165) is 0 Å². The molecule has 2 atom stereocenters. The van der Waals surface area contributed by atoms with Crippen molar-refractivity contribution in [1.29, 1.82) is 0 Å². The Hall–Kier alpha value is -0.260. The number of amidine groups is 1. The number of halogens is 1. The fraction of sp³-hybridized carbons (Fsp3) is 0.600. The number of alkyl halides is 1. The summed E-state index contributed by atoms with van der Waals surface area (Å²) < 4.78 is -0.796. The molecule has 1 aliphatic rings. The number of aliphatic imine (C=N–C) groups is 2. The maximum absolute atomic E-state index is 5.98. The van der Waals surface area contributed by atoms with Crippen molar-refractivity contribution in [2.24, 2.45) is 21.5 Å². The van der Waals surface area contributed by atoms with E-state index in [9.17, 15) is 0 Å². The average Bonchev–Trinajstić information content (AvgIpc) is 1.98. The van der Waals surface area contributed by atoms with Crippen LogP contribution in [0.4, 0.5) is 0 Å². The van der Waals surface area contributed by atoms with Crippen LogP contribution in [0.15, 0.2) is 9.98 Å². The summed E-state index contributed by atoms with van der Waals surface area (Å²) in [6.07, 6.45) is 2.76. The normalized spacial score (nSPS) is 37.0. The Morgan fingerprint density at radius 2 is 2.45 bits per heavy atom. The highest BCUT2D eigenvalue weighted by Gasteiger charge is 2.31. The van der Waals surface area contributed by atoms with Gasteiger partial charge >= 0.3 is 0 Å². The molecule has 0 fully saturated rings. The molecule has 6 heteroatoms. The van der Waals surface area contributed by atoms with E-state index in [2.05, 4.69) is 9.98 Å². The highest BCUT2D eigenvalue weighted by Crippen LogP contribution is 2.28. The van der Waals surface area contributed by atoms with E-state index in [1.165, 1.54) is 18.0 Å². The first-order valence-corrected chi connectivity index (χ1v) is 4.56. The molecule has 4 nitrogen and oxygen atoms in total. The Bertz CT molecular complexity index is 217. The highest BCUT2D eigenvalue weighted by molar-refractivity contribution is 8.02. The molecule has 1 aliphatic heterocycles. The van der Waals surface area contributed by atoms with Crippen LogP contribution < -0.4 is 11.5 Å². The summed E-state index contributed by atoms with van der Waals surface area (Å²) in [5.41, 5.74) is 10.9. The Labute approximate surface area is 74.1 Å². The van der Waals surface area contributed by atoms with Gasteiger partial charge in [0.2, 0.25) is 0 Å². The average molecular weight is 193 g/mol. The summed E-state index contributed by atoms with van der Waals surface area (Å²) in [5, 5.41) is 0. The van der Waals surface area contributed by atoms with Crippen molar-refractivity contribution in [3.63, 3.8) is 0 Å². The zero-order valence-electron chi connectivity index (χ0n) is 5.99. The van der Waals surface area contributed by atoms with Crippen molar-refractivity contribution >= 4 is 35.4 Å². The minimum Gasteiger partial charge on any atom is -0.385 e. The quantitative estimate of drug-likeness (QED) is 0.573. The van der Waals surface area contributed by atoms with Gasteiger partial charge in [-0.05, 0) is 6.26 Å². The molecule has 2 unspecified atom stereocenters. The molecular formula is C5H9ClN4S. The van der Waals surface area contributed by atoms with Gasteiger partial charge in [-0.25, -0.2) is 4.99 Å². The van der Waals surface area contributed by atoms with Gasteiger partial charge in [0.1, 0.15) is 5.84 Å². The third kappa shape index (κ3) is 1.66. The molecule has 0 amide bonds. The molecule has 62 valence electrons. The van der Waals surface area contributed by atoms with Gasteiger partial charge in [0, 0.05) is 6.21 Å². The second kappa shape index (κ2) is 3.00. The van der Waals surface area contributed by atoms with Crippen LogP contribution in [-0.2, 0) is 0 Å². The molecule has 0 aromatic carbocycles. The van der Waals surface area contributed by atoms with Gasteiger partial charge in [0.15, 0.2) is 10.5 Å². The lowest BCUT2D eigenvalue weighted by atomic mass is 10.4. The molecule has 0 aromatic rings. The number of hydrogen-bond acceptors (Lipinski definition) is 5. The molecular weight excluding hydrogens is 184 g/mol. The molecule has 1 heterocycles. The standard InChI is InChI=1S/C5H9ClN4S/c1-11-5(6)2-9-4(8)10-3(5)7/h2,4H,8H2,1H3,(H2,7,10). The Morgan fingerprint density at radius 3 is 2.91 bits per heavy atom. The van der Waals surface area contributed by atoms with Gasteiger partial charge in [-0.3, -0.25) is 10.7 Å². The predicted octanol–water partition coefficient (Wildman–Crippen LogP) is -0.0316. The van der Waals surface area contributed by atoms with E-state index in [1.807, 2.05) is 6.26 Å². The summed E-state index contributed by atoms with van der Waals surface area (Å²) in [7, 11) is 0. The minimum atomic E-state index is -0.796. The summed E-state index contributed by atoms with van der Waals surface area (Å²) in [6, 6.07) is 0. The van der Waals surface area contributed by atoms with Crippen molar-refractivity contribution in [1.82, 2.24) is 0 Å². The number of rotatable bonds is 1. The Morgan fingerprint density at radius 1 is 1.82 bits per heavy atom. The number of thioether (sulfide) groups is 1. The van der Waals surface area contributed by atoms with Crippen LogP contribution >= 0.6 is 23.4 Å². The first-order chi connectivity index (χ1) is 5.08. The van der Waals surface area contributed by atoms with Crippen LogP contribution in [0.5, 0.6) is 0 Å². The summed E-state index contributed by atoms with van der Waals surface area (Å²) in [6.45, 7) is 0. The highest BCUT2D eigenvalue weighted by atomic mass is 35.5. The van der Waals surface area contributed by atoms with Gasteiger partial charge < -0.3 is 5.73 Å². The van der Waals surface area contributed by atoms with E-state index in [-0.39, 0.29) is 0 Å². The maximum Gasteiger partial charge on any atom is 0.192 e. The fourth-order valence-corrected chi connectivity index (χ4v) is 1.19. The predicted molar refractivity (Wildman–Crippen MR) is 50.2 cm³/mol. The SMILES string of the molecule is CSC1(Cl)C=NC(N)N=C1N. The maximum atomic E-state index is 5.98. The fourth-order valence-electron chi connectivity index (χ4n) is 0.659. The molecule has 11 heavy (non-hydrogen) atoms. The molecule has 0 radical (unpaired) electrons. The zero-order valence-corrected chi connectivity index (χ0v) is 7.56. The summed E-state index contributed by atoms with van der Waals surface area (Å²) >= 11 is 7.34. The van der Waals surface area contributed by atoms with Crippen LogP contribution in [0.3, 0.4) is 0 Å². The van der Waals surface area contributed by atoms with Crippen LogP contribution in [0.25, 0.3) is 0 Å². The smallest absolute Gasteiger partial charge is 0.192 e. The van der Waals surface area contributed by atoms with Gasteiger partial charge in [0.25, 0.3) is 0 Å². The molecule has 1 rings (SSSR count). The number of hydrogen-bond donors (Lipinski definition) is 2. The molecule has 0 saturated heterocycles. The topological polar surface area (TPSA) is 76.8 Å². The van der Waals surface area contributed by atoms with Crippen molar-refractivity contribution in [2.45, 2.75) is 10.5 Å². The van der Waals surface area contributed by atoms with Gasteiger partial charge in [-0.15, -0.1) is 11.8 Å². The number of nitrogens with two attached hydrogens (primary N) is 2. The molecule has 0 aromatic heterocycles. The van der Waals surface area contributed by atoms with Gasteiger partial charge in [0.05, 0.1) is 0 Å². The lowest BCUT2D eigenvalue weighted by Gasteiger charge is -2.23. The van der Waals surface area contributed by atoms with E-state index in [1.54, 1.807) is 0 Å². The molecule has 0 aliphatic carbocycles. The van der Waals surface area contributed by atoms with Crippen molar-refractivity contribution in [3.05, 3.63) is 0 Å². The van der Waals surface area contributed by atoms with Gasteiger partial charge in [-0.1, -0.05) is 11.6 Å². The first-order valence-electron chi connectivity index (χ1n) is 2.96. The lowest BCUT2D eigenvalue weighted by molar-refractivity contribution is 0.742. The lowest BCUT2D eigenvalue weighted by Crippen LogP contribution is -2.42.